The van der Waals surface area contributed by atoms with Gasteiger partial charge in [-0.1, -0.05) is 0 Å². The van der Waals surface area contributed by atoms with Crippen molar-refractivity contribution in [3.05, 3.63) is 0 Å². The van der Waals surface area contributed by atoms with Crippen LogP contribution in [0.15, 0.2) is 0 Å². The molecule has 0 atom stereocenters. The standard InChI is InChI=1S/C2H6O2.6C2H6S2/c7*3-1-2-4/h7*3-4H,1-2H2. The van der Waals surface area contributed by atoms with E-state index in [1.807, 2.05) is 0 Å². The molecule has 0 bridgehead atoms. The summed E-state index contributed by atoms with van der Waals surface area (Å²) in [5, 5.41) is 15.2. The molecular formula is C14H42O2S12. The highest BCUT2D eigenvalue weighted by molar-refractivity contribution is 7.85. The molecule has 0 unspecified atom stereocenters. The van der Waals surface area contributed by atoms with Gasteiger partial charge in [0, 0.05) is 0 Å². The number of aliphatic hydroxyl groups is 2. The minimum absolute atomic E-state index is 0.125. The Bertz CT molecular complexity index is 89.6. The van der Waals surface area contributed by atoms with Crippen molar-refractivity contribution in [3.8, 4) is 0 Å². The van der Waals surface area contributed by atoms with Crippen LogP contribution in [0.25, 0.3) is 0 Å². The van der Waals surface area contributed by atoms with Gasteiger partial charge in [0.05, 0.1) is 13.2 Å². The van der Waals surface area contributed by atoms with Crippen molar-refractivity contribution in [2.24, 2.45) is 0 Å². The Morgan fingerprint density at radius 2 is 0.321 bits per heavy atom. The first-order valence-electron chi connectivity index (χ1n) is 7.93. The van der Waals surface area contributed by atoms with E-state index in [-0.39, 0.29) is 13.2 Å². The van der Waals surface area contributed by atoms with Gasteiger partial charge in [0.1, 0.15) is 0 Å². The van der Waals surface area contributed by atoms with Crippen molar-refractivity contribution >= 4 is 152 Å². The molecule has 0 aliphatic carbocycles. The topological polar surface area (TPSA) is 40.5 Å². The maximum Gasteiger partial charge on any atom is 0.0662 e. The summed E-state index contributed by atoms with van der Waals surface area (Å²) < 4.78 is 0. The summed E-state index contributed by atoms with van der Waals surface area (Å²) in [7, 11) is 0. The molecule has 0 fully saturated rings. The average Bonchev–Trinajstić information content (AvgIpc) is 2.79. The first kappa shape index (κ1) is 49.3. The molecule has 182 valence electrons. The molecule has 2 N–H and O–H groups in total. The van der Waals surface area contributed by atoms with E-state index >= 15 is 0 Å². The van der Waals surface area contributed by atoms with Crippen LogP contribution in [0.1, 0.15) is 0 Å². The molecule has 0 saturated carbocycles. The first-order valence-corrected chi connectivity index (χ1v) is 15.5. The van der Waals surface area contributed by atoms with Gasteiger partial charge in [-0.2, -0.15) is 152 Å². The zero-order chi connectivity index (χ0) is 23.9. The molecule has 0 spiro atoms. The van der Waals surface area contributed by atoms with Gasteiger partial charge in [-0.25, -0.2) is 0 Å². The second-order valence-electron chi connectivity index (χ2n) is 3.13. The van der Waals surface area contributed by atoms with Gasteiger partial charge in [-0.05, 0) is 69.0 Å². The lowest BCUT2D eigenvalue weighted by Gasteiger charge is -1.70. The summed E-state index contributed by atoms with van der Waals surface area (Å²) in [6, 6.07) is 0. The monoisotopic (exact) mass is 626 g/mol. The highest BCUT2D eigenvalue weighted by Crippen LogP contribution is 1.75. The Kier molecular flexibility index (Phi) is 151. The van der Waals surface area contributed by atoms with Crippen LogP contribution < -0.4 is 0 Å². The van der Waals surface area contributed by atoms with Crippen LogP contribution in [0, 0.1) is 0 Å². The normalized spacial score (nSPS) is 7.50. The highest BCUT2D eigenvalue weighted by Gasteiger charge is 1.59. The molecule has 0 aromatic carbocycles. The van der Waals surface area contributed by atoms with Gasteiger partial charge < -0.3 is 10.2 Å². The Labute approximate surface area is 241 Å². The molecule has 0 aromatic heterocycles. The average molecular weight is 627 g/mol. The molecule has 28 heavy (non-hydrogen) atoms. The summed E-state index contributed by atoms with van der Waals surface area (Å²) in [5.74, 6) is 10.5. The van der Waals surface area contributed by atoms with E-state index < -0.39 is 0 Å². The molecule has 0 aliphatic heterocycles. The summed E-state index contributed by atoms with van der Waals surface area (Å²) >= 11 is 46.1. The van der Waals surface area contributed by atoms with E-state index in [1.165, 1.54) is 0 Å². The van der Waals surface area contributed by atoms with E-state index in [0.717, 1.165) is 69.0 Å². The SMILES string of the molecule is OCCO.SCCS.SCCS.SCCS.SCCS.SCCS.SCCS. The second-order valence-corrected chi connectivity index (χ2v) is 8.50. The van der Waals surface area contributed by atoms with Gasteiger partial charge in [0.15, 0.2) is 0 Å². The lowest BCUT2D eigenvalue weighted by molar-refractivity contribution is 0.186. The molecule has 0 amide bonds. The quantitative estimate of drug-likeness (QED) is 0.197. The van der Waals surface area contributed by atoms with E-state index in [0.29, 0.717) is 0 Å². The summed E-state index contributed by atoms with van der Waals surface area (Å²) in [4.78, 5) is 0. The van der Waals surface area contributed by atoms with Gasteiger partial charge in [-0.3, -0.25) is 0 Å². The lowest BCUT2D eigenvalue weighted by Crippen LogP contribution is -1.85. The van der Waals surface area contributed by atoms with Crippen LogP contribution in [0.5, 0.6) is 0 Å². The van der Waals surface area contributed by atoms with Crippen LogP contribution in [-0.2, 0) is 0 Å². The van der Waals surface area contributed by atoms with E-state index in [9.17, 15) is 0 Å². The van der Waals surface area contributed by atoms with Crippen molar-refractivity contribution in [2.75, 3.05) is 82.2 Å². The fraction of sp³-hybridized carbons (Fsp3) is 1.00. The van der Waals surface area contributed by atoms with Crippen molar-refractivity contribution in [3.63, 3.8) is 0 Å². The maximum atomic E-state index is 7.62. The predicted octanol–water partition coefficient (Wildman–Crippen LogP) is 4.05. The number of hydrogen-bond donors (Lipinski definition) is 14. The molecule has 0 saturated heterocycles. The minimum Gasteiger partial charge on any atom is -0.394 e. The lowest BCUT2D eigenvalue weighted by atomic mass is 10.8. The molecule has 0 radical (unpaired) electrons. The maximum absolute atomic E-state index is 7.62. The molecular weight excluding hydrogens is 585 g/mol. The van der Waals surface area contributed by atoms with Crippen LogP contribution >= 0.6 is 152 Å². The van der Waals surface area contributed by atoms with Crippen LogP contribution in [0.4, 0.5) is 0 Å². The number of rotatable bonds is 7. The fourth-order valence-corrected chi connectivity index (χ4v) is 0. The zero-order valence-electron chi connectivity index (χ0n) is 16.2. The minimum atomic E-state index is -0.125. The van der Waals surface area contributed by atoms with Crippen LogP contribution in [-0.4, -0.2) is 92.5 Å². The Hall–Kier alpha value is 4.12. The number of aliphatic hydroxyl groups excluding tert-OH is 2. The third-order valence-corrected chi connectivity index (χ3v) is 5.50. The zero-order valence-corrected chi connectivity index (χ0v) is 26.9. The highest BCUT2D eigenvalue weighted by atomic mass is 32.1. The molecule has 14 heteroatoms. The fourth-order valence-electron chi connectivity index (χ4n) is 0. The van der Waals surface area contributed by atoms with E-state index in [4.69, 9.17) is 10.2 Å². The van der Waals surface area contributed by atoms with Crippen LogP contribution in [0.2, 0.25) is 0 Å². The number of thiol groups is 12. The Morgan fingerprint density at radius 1 is 0.250 bits per heavy atom. The van der Waals surface area contributed by atoms with Gasteiger partial charge in [0.2, 0.25) is 0 Å². The van der Waals surface area contributed by atoms with Crippen molar-refractivity contribution in [2.45, 2.75) is 0 Å². The van der Waals surface area contributed by atoms with Crippen molar-refractivity contribution < 1.29 is 10.2 Å². The van der Waals surface area contributed by atoms with Gasteiger partial charge >= 0.3 is 0 Å². The predicted molar refractivity (Wildman–Crippen MR) is 180 cm³/mol. The van der Waals surface area contributed by atoms with Crippen molar-refractivity contribution in [1.29, 1.82) is 0 Å². The number of hydrogen-bond acceptors (Lipinski definition) is 14. The second kappa shape index (κ2) is 86.0. The van der Waals surface area contributed by atoms with E-state index in [2.05, 4.69) is 152 Å². The Balaban J connectivity index is -0.0000000367. The third kappa shape index (κ3) is 207. The van der Waals surface area contributed by atoms with E-state index in [1.54, 1.807) is 0 Å². The molecule has 0 aliphatic rings. The largest absolute Gasteiger partial charge is 0.394 e. The summed E-state index contributed by atoms with van der Waals surface area (Å²) in [6.45, 7) is -0.250. The van der Waals surface area contributed by atoms with Gasteiger partial charge in [-0.15, -0.1) is 0 Å². The molecule has 0 heterocycles. The third-order valence-electron chi connectivity index (χ3n) is 0.700. The smallest absolute Gasteiger partial charge is 0.0662 e. The summed E-state index contributed by atoms with van der Waals surface area (Å²) in [5.41, 5.74) is 0. The molecule has 0 aromatic rings. The summed E-state index contributed by atoms with van der Waals surface area (Å²) in [6.07, 6.45) is 0. The van der Waals surface area contributed by atoms with Crippen LogP contribution in [0.3, 0.4) is 0 Å². The molecule has 0 rings (SSSR count). The molecule has 2 nitrogen and oxygen atoms in total. The Morgan fingerprint density at radius 3 is 0.321 bits per heavy atom. The van der Waals surface area contributed by atoms with Gasteiger partial charge in [0.25, 0.3) is 0 Å². The van der Waals surface area contributed by atoms with Crippen molar-refractivity contribution in [1.82, 2.24) is 0 Å². The first-order chi connectivity index (χ1) is 13.4.